The Kier molecular flexibility index (Phi) is 7.30. The Morgan fingerprint density at radius 1 is 0.769 bits per heavy atom. The van der Waals surface area contributed by atoms with Crippen LogP contribution in [0.1, 0.15) is 17.7 Å². The van der Waals surface area contributed by atoms with Gasteiger partial charge in [0.1, 0.15) is 0 Å². The molecule has 0 saturated heterocycles. The van der Waals surface area contributed by atoms with Crippen molar-refractivity contribution in [1.82, 2.24) is 30.7 Å². The number of aromatic nitrogens is 5. The molecule has 4 heterocycles. The van der Waals surface area contributed by atoms with E-state index in [1.54, 1.807) is 24.2 Å². The third-order valence-electron chi connectivity index (χ3n) is 5.71. The van der Waals surface area contributed by atoms with Crippen molar-refractivity contribution in [1.29, 1.82) is 0 Å². The van der Waals surface area contributed by atoms with Crippen molar-refractivity contribution >= 4 is 28.7 Å². The number of rotatable bonds is 10. The molecule has 5 aromatic rings. The maximum absolute atomic E-state index is 5.75. The first-order chi connectivity index (χ1) is 19.3. The highest BCUT2D eigenvalue weighted by molar-refractivity contribution is 7.99. The molecule has 2 aromatic carbocycles. The molecule has 0 bridgehead atoms. The number of dihydropyridines is 1. The van der Waals surface area contributed by atoms with Gasteiger partial charge in [-0.3, -0.25) is 4.98 Å². The molecule has 0 aliphatic carbocycles. The molecule has 3 aromatic heterocycles. The molecular weight excluding hydrogens is 512 g/mol. The lowest BCUT2D eigenvalue weighted by Gasteiger charge is -2.07. The van der Waals surface area contributed by atoms with E-state index in [-0.39, 0.29) is 0 Å². The van der Waals surface area contributed by atoms with Gasteiger partial charge < -0.3 is 24.8 Å². The fraction of sp³-hybridized carbons (Fsp3) is 0.107. The SMILES string of the molecule is C1=CC(c2nnc(CNc3ccc(Sc4ccc(NCc5nnc(-c6cccnc6)o5)cc4)cc3)o2)=CNC1. The van der Waals surface area contributed by atoms with E-state index in [2.05, 4.69) is 65.6 Å². The molecule has 0 atom stereocenters. The first-order valence-electron chi connectivity index (χ1n) is 12.3. The molecule has 1 aliphatic rings. The summed E-state index contributed by atoms with van der Waals surface area (Å²) in [4.78, 5) is 6.35. The van der Waals surface area contributed by atoms with Crippen LogP contribution in [0.2, 0.25) is 0 Å². The van der Waals surface area contributed by atoms with Crippen LogP contribution >= 0.6 is 11.8 Å². The molecule has 0 spiro atoms. The van der Waals surface area contributed by atoms with Crippen LogP contribution in [0.5, 0.6) is 0 Å². The Morgan fingerprint density at radius 2 is 1.41 bits per heavy atom. The third kappa shape index (κ3) is 6.33. The van der Waals surface area contributed by atoms with E-state index >= 15 is 0 Å². The standard InChI is InChI=1S/C28H24N8O2S/c1-3-19(15-29-13-1)27-35-33-25(37-27)17-31-21-5-9-23(10-6-21)39-24-11-7-22(8-12-24)32-18-26-34-36-28(38-26)20-4-2-14-30-16-20/h1-13,15-16,30-32H,14,17-18H2. The fourth-order valence-electron chi connectivity index (χ4n) is 3.75. The molecule has 11 heteroatoms. The Labute approximate surface area is 228 Å². The Morgan fingerprint density at radius 3 is 2.00 bits per heavy atom. The molecule has 39 heavy (non-hydrogen) atoms. The first kappa shape index (κ1) is 24.4. The lowest BCUT2D eigenvalue weighted by molar-refractivity contribution is 0.491. The summed E-state index contributed by atoms with van der Waals surface area (Å²) in [5.41, 5.74) is 3.62. The van der Waals surface area contributed by atoms with Crippen molar-refractivity contribution in [2.24, 2.45) is 0 Å². The molecule has 0 unspecified atom stereocenters. The van der Waals surface area contributed by atoms with E-state index < -0.39 is 0 Å². The van der Waals surface area contributed by atoms with Gasteiger partial charge in [-0.2, -0.15) is 0 Å². The second kappa shape index (κ2) is 11.7. The van der Waals surface area contributed by atoms with Crippen molar-refractivity contribution in [3.63, 3.8) is 0 Å². The molecule has 0 amide bonds. The molecule has 6 rings (SSSR count). The number of nitrogens with zero attached hydrogens (tertiary/aromatic N) is 5. The largest absolute Gasteiger partial charge is 0.419 e. The average molecular weight is 537 g/mol. The summed E-state index contributed by atoms with van der Waals surface area (Å²) >= 11 is 1.69. The smallest absolute Gasteiger partial charge is 0.249 e. The summed E-state index contributed by atoms with van der Waals surface area (Å²) in [6, 6.07) is 20.2. The fourth-order valence-corrected chi connectivity index (χ4v) is 4.57. The molecule has 3 N–H and O–H groups in total. The van der Waals surface area contributed by atoms with Gasteiger partial charge in [-0.25, -0.2) is 0 Å². The van der Waals surface area contributed by atoms with Gasteiger partial charge in [0.05, 0.1) is 24.2 Å². The Bertz CT molecular complexity index is 1580. The molecule has 194 valence electrons. The highest BCUT2D eigenvalue weighted by atomic mass is 32.2. The highest BCUT2D eigenvalue weighted by Crippen LogP contribution is 2.30. The van der Waals surface area contributed by atoms with Gasteiger partial charge >= 0.3 is 0 Å². The number of benzene rings is 2. The quantitative estimate of drug-likeness (QED) is 0.213. The van der Waals surface area contributed by atoms with Gasteiger partial charge in [-0.1, -0.05) is 23.9 Å². The minimum absolute atomic E-state index is 0.436. The van der Waals surface area contributed by atoms with Crippen LogP contribution in [-0.4, -0.2) is 31.9 Å². The zero-order valence-electron chi connectivity index (χ0n) is 20.7. The number of allylic oxidation sites excluding steroid dienone is 2. The normalized spacial score (nSPS) is 12.6. The monoisotopic (exact) mass is 536 g/mol. The maximum Gasteiger partial charge on any atom is 0.249 e. The van der Waals surface area contributed by atoms with Gasteiger partial charge in [-0.05, 0) is 60.7 Å². The van der Waals surface area contributed by atoms with E-state index in [0.717, 1.165) is 38.8 Å². The summed E-state index contributed by atoms with van der Waals surface area (Å²) in [5, 5.41) is 26.2. The number of hydrogen-bond acceptors (Lipinski definition) is 11. The van der Waals surface area contributed by atoms with Crippen LogP contribution in [-0.2, 0) is 13.1 Å². The van der Waals surface area contributed by atoms with Crippen LogP contribution in [0, 0.1) is 0 Å². The second-order valence-electron chi connectivity index (χ2n) is 8.51. The topological polar surface area (TPSA) is 127 Å². The zero-order chi connectivity index (χ0) is 26.3. The predicted octanol–water partition coefficient (Wildman–Crippen LogP) is 5.39. The van der Waals surface area contributed by atoms with Crippen LogP contribution in [0.3, 0.4) is 0 Å². The molecule has 0 fully saturated rings. The van der Waals surface area contributed by atoms with Crippen molar-refractivity contribution in [3.8, 4) is 11.5 Å². The average Bonchev–Trinajstić information content (AvgIpc) is 3.68. The number of nitrogens with one attached hydrogen (secondary N) is 3. The van der Waals surface area contributed by atoms with Gasteiger partial charge in [0, 0.05) is 46.3 Å². The summed E-state index contributed by atoms with van der Waals surface area (Å²) in [6.45, 7) is 1.69. The third-order valence-corrected chi connectivity index (χ3v) is 6.73. The molecular formula is C28H24N8O2S. The Balaban J connectivity index is 0.977. The van der Waals surface area contributed by atoms with E-state index in [1.807, 2.05) is 54.8 Å². The Hall–Kier alpha value is -4.90. The van der Waals surface area contributed by atoms with E-state index in [1.165, 1.54) is 0 Å². The van der Waals surface area contributed by atoms with Crippen LogP contribution in [0.25, 0.3) is 17.0 Å². The van der Waals surface area contributed by atoms with Gasteiger partial charge in [0.15, 0.2) is 0 Å². The van der Waals surface area contributed by atoms with Crippen LogP contribution < -0.4 is 16.0 Å². The van der Waals surface area contributed by atoms with Crippen LogP contribution in [0.15, 0.2) is 110 Å². The highest BCUT2D eigenvalue weighted by Gasteiger charge is 2.11. The minimum Gasteiger partial charge on any atom is -0.419 e. The summed E-state index contributed by atoms with van der Waals surface area (Å²) in [5.74, 6) is 2.01. The lowest BCUT2D eigenvalue weighted by atomic mass is 10.2. The summed E-state index contributed by atoms with van der Waals surface area (Å²) < 4.78 is 11.5. The second-order valence-corrected chi connectivity index (χ2v) is 9.66. The molecule has 0 saturated carbocycles. The number of hydrogen-bond donors (Lipinski definition) is 3. The lowest BCUT2D eigenvalue weighted by Crippen LogP contribution is -2.08. The number of pyridine rings is 1. The van der Waals surface area contributed by atoms with Crippen molar-refractivity contribution in [2.75, 3.05) is 17.2 Å². The van der Waals surface area contributed by atoms with Gasteiger partial charge in [0.25, 0.3) is 0 Å². The molecule has 1 aliphatic heterocycles. The summed E-state index contributed by atoms with van der Waals surface area (Å²) in [7, 11) is 0. The maximum atomic E-state index is 5.75. The zero-order valence-corrected chi connectivity index (χ0v) is 21.6. The van der Waals surface area contributed by atoms with Crippen molar-refractivity contribution in [2.45, 2.75) is 22.9 Å². The summed E-state index contributed by atoms with van der Waals surface area (Å²) in [6.07, 6.45) is 9.26. The molecule has 10 nitrogen and oxygen atoms in total. The van der Waals surface area contributed by atoms with Gasteiger partial charge in [-0.15, -0.1) is 20.4 Å². The first-order valence-corrected chi connectivity index (χ1v) is 13.1. The molecule has 0 radical (unpaired) electrons. The van der Waals surface area contributed by atoms with E-state index in [0.29, 0.717) is 36.7 Å². The van der Waals surface area contributed by atoms with E-state index in [9.17, 15) is 0 Å². The van der Waals surface area contributed by atoms with Crippen molar-refractivity contribution in [3.05, 3.63) is 109 Å². The predicted molar refractivity (Wildman–Crippen MR) is 149 cm³/mol. The minimum atomic E-state index is 0.436. The van der Waals surface area contributed by atoms with Gasteiger partial charge in [0.2, 0.25) is 23.6 Å². The van der Waals surface area contributed by atoms with Crippen molar-refractivity contribution < 1.29 is 8.83 Å². The number of anilines is 2. The van der Waals surface area contributed by atoms with E-state index in [4.69, 9.17) is 8.83 Å². The van der Waals surface area contributed by atoms with Crippen LogP contribution in [0.4, 0.5) is 11.4 Å².